The van der Waals surface area contributed by atoms with Crippen molar-refractivity contribution >= 4 is 54.0 Å². The maximum atomic E-state index is 12.4. The third-order valence-corrected chi connectivity index (χ3v) is 6.63. The van der Waals surface area contributed by atoms with Crippen molar-refractivity contribution in [2.75, 3.05) is 10.0 Å². The second kappa shape index (κ2) is 7.52. The van der Waals surface area contributed by atoms with Crippen LogP contribution < -0.4 is 10.0 Å². The molecule has 1 heterocycles. The minimum absolute atomic E-state index is 0.103. The Labute approximate surface area is 162 Å². The fourth-order valence-electron chi connectivity index (χ4n) is 2.09. The summed E-state index contributed by atoms with van der Waals surface area (Å²) in [7, 11) is -3.91. The average molecular weight is 453 g/mol. The standard InChI is InChI=1S/C16H13BrN4O3S2/c1-10-6-2-3-7-11(10)14(22)18-15-19-20-16(25-15)26(23,24)21-13-9-5-4-8-12(13)17/h2-9,21H,1H3,(H,18,19,22). The summed E-state index contributed by atoms with van der Waals surface area (Å²) in [5.41, 5.74) is 1.67. The van der Waals surface area contributed by atoms with Gasteiger partial charge in [0.15, 0.2) is 0 Å². The number of nitrogens with one attached hydrogen (secondary N) is 2. The van der Waals surface area contributed by atoms with Crippen LogP contribution in [0.25, 0.3) is 0 Å². The van der Waals surface area contributed by atoms with Gasteiger partial charge in [0.2, 0.25) is 5.13 Å². The Bertz CT molecular complexity index is 1070. The molecule has 0 spiro atoms. The molecule has 7 nitrogen and oxygen atoms in total. The number of hydrogen-bond donors (Lipinski definition) is 2. The molecule has 0 fully saturated rings. The predicted molar refractivity (Wildman–Crippen MR) is 104 cm³/mol. The molecule has 26 heavy (non-hydrogen) atoms. The van der Waals surface area contributed by atoms with Crippen LogP contribution in [-0.4, -0.2) is 24.5 Å². The lowest BCUT2D eigenvalue weighted by molar-refractivity contribution is 0.102. The molecule has 134 valence electrons. The highest BCUT2D eigenvalue weighted by molar-refractivity contribution is 9.10. The summed E-state index contributed by atoms with van der Waals surface area (Å²) < 4.78 is 27.7. The third-order valence-electron chi connectivity index (χ3n) is 3.36. The number of para-hydroxylation sites is 1. The molecule has 0 aliphatic carbocycles. The SMILES string of the molecule is Cc1ccccc1C(=O)Nc1nnc(S(=O)(=O)Nc2ccccc2Br)s1. The molecule has 1 aromatic heterocycles. The Balaban J connectivity index is 1.78. The van der Waals surface area contributed by atoms with E-state index in [0.717, 1.165) is 16.9 Å². The average Bonchev–Trinajstić information content (AvgIpc) is 3.06. The first-order valence-corrected chi connectivity index (χ1v) is 10.4. The topological polar surface area (TPSA) is 101 Å². The van der Waals surface area contributed by atoms with Crippen molar-refractivity contribution in [1.82, 2.24) is 10.2 Å². The van der Waals surface area contributed by atoms with Crippen molar-refractivity contribution in [1.29, 1.82) is 0 Å². The summed E-state index contributed by atoms with van der Waals surface area (Å²) in [6, 6.07) is 13.9. The molecular weight excluding hydrogens is 440 g/mol. The van der Waals surface area contributed by atoms with E-state index in [1.54, 1.807) is 36.4 Å². The fourth-order valence-corrected chi connectivity index (χ4v) is 4.58. The van der Waals surface area contributed by atoms with Gasteiger partial charge in [0.05, 0.1) is 5.69 Å². The first kappa shape index (κ1) is 18.5. The summed E-state index contributed by atoms with van der Waals surface area (Å²) in [6.07, 6.45) is 0. The minimum Gasteiger partial charge on any atom is -0.296 e. The number of sulfonamides is 1. The molecule has 0 saturated carbocycles. The molecule has 3 rings (SSSR count). The number of halogens is 1. The molecule has 1 amide bonds. The van der Waals surface area contributed by atoms with Gasteiger partial charge in [-0.3, -0.25) is 14.8 Å². The molecule has 0 unspecified atom stereocenters. The highest BCUT2D eigenvalue weighted by atomic mass is 79.9. The zero-order valence-electron chi connectivity index (χ0n) is 13.4. The number of rotatable bonds is 5. The van der Waals surface area contributed by atoms with E-state index in [4.69, 9.17) is 0 Å². The van der Waals surface area contributed by atoms with E-state index >= 15 is 0 Å². The molecule has 0 saturated heterocycles. The Kier molecular flexibility index (Phi) is 5.35. The number of hydrogen-bond acceptors (Lipinski definition) is 6. The highest BCUT2D eigenvalue weighted by Crippen LogP contribution is 2.27. The van der Waals surface area contributed by atoms with Crippen molar-refractivity contribution in [3.63, 3.8) is 0 Å². The molecule has 0 aliphatic heterocycles. The molecule has 2 N–H and O–H groups in total. The van der Waals surface area contributed by atoms with Gasteiger partial charge in [0.25, 0.3) is 20.3 Å². The lowest BCUT2D eigenvalue weighted by Gasteiger charge is -2.06. The summed E-state index contributed by atoms with van der Waals surface area (Å²) in [5, 5.41) is 10.1. The number of aryl methyl sites for hydroxylation is 1. The van der Waals surface area contributed by atoms with Crippen LogP contribution in [0.3, 0.4) is 0 Å². The van der Waals surface area contributed by atoms with E-state index in [9.17, 15) is 13.2 Å². The van der Waals surface area contributed by atoms with Crippen LogP contribution in [-0.2, 0) is 10.0 Å². The van der Waals surface area contributed by atoms with Gasteiger partial charge >= 0.3 is 0 Å². The zero-order valence-corrected chi connectivity index (χ0v) is 16.7. The highest BCUT2D eigenvalue weighted by Gasteiger charge is 2.22. The Hall–Kier alpha value is -2.30. The van der Waals surface area contributed by atoms with Crippen LogP contribution in [0.4, 0.5) is 10.8 Å². The number of amides is 1. The van der Waals surface area contributed by atoms with Crippen molar-refractivity contribution in [2.45, 2.75) is 11.3 Å². The van der Waals surface area contributed by atoms with E-state index in [-0.39, 0.29) is 15.4 Å². The van der Waals surface area contributed by atoms with Crippen LogP contribution >= 0.6 is 27.3 Å². The van der Waals surface area contributed by atoms with Crippen LogP contribution in [0, 0.1) is 6.92 Å². The number of nitrogens with zero attached hydrogens (tertiary/aromatic N) is 2. The molecule has 0 aliphatic rings. The fraction of sp³-hybridized carbons (Fsp3) is 0.0625. The van der Waals surface area contributed by atoms with E-state index in [1.165, 1.54) is 0 Å². The monoisotopic (exact) mass is 452 g/mol. The summed E-state index contributed by atoms with van der Waals surface area (Å²) in [5.74, 6) is -0.373. The number of aromatic nitrogens is 2. The zero-order chi connectivity index (χ0) is 18.7. The van der Waals surface area contributed by atoms with Crippen LogP contribution in [0.1, 0.15) is 15.9 Å². The Morgan fingerprint density at radius 2 is 1.77 bits per heavy atom. The number of anilines is 2. The quantitative estimate of drug-likeness (QED) is 0.575. The second-order valence-electron chi connectivity index (χ2n) is 5.23. The molecule has 0 atom stereocenters. The molecule has 0 radical (unpaired) electrons. The van der Waals surface area contributed by atoms with E-state index < -0.39 is 10.0 Å². The third kappa shape index (κ3) is 4.09. The van der Waals surface area contributed by atoms with Gasteiger partial charge in [-0.05, 0) is 46.6 Å². The van der Waals surface area contributed by atoms with E-state index in [0.29, 0.717) is 15.7 Å². The maximum absolute atomic E-state index is 12.4. The van der Waals surface area contributed by atoms with Crippen molar-refractivity contribution < 1.29 is 13.2 Å². The first-order valence-electron chi connectivity index (χ1n) is 7.34. The smallest absolute Gasteiger partial charge is 0.291 e. The van der Waals surface area contributed by atoms with Crippen molar-refractivity contribution in [2.24, 2.45) is 0 Å². The van der Waals surface area contributed by atoms with E-state index in [1.807, 2.05) is 19.1 Å². The summed E-state index contributed by atoms with van der Waals surface area (Å²) in [6.45, 7) is 1.81. The predicted octanol–water partition coefficient (Wildman–Crippen LogP) is 3.66. The second-order valence-corrected chi connectivity index (χ2v) is 8.92. The molecule has 0 bridgehead atoms. The lowest BCUT2D eigenvalue weighted by atomic mass is 10.1. The van der Waals surface area contributed by atoms with E-state index in [2.05, 4.69) is 36.2 Å². The summed E-state index contributed by atoms with van der Waals surface area (Å²) >= 11 is 4.05. The van der Waals surface area contributed by atoms with Gasteiger partial charge in [-0.25, -0.2) is 0 Å². The molecule has 3 aromatic rings. The van der Waals surface area contributed by atoms with Gasteiger partial charge in [-0.2, -0.15) is 8.42 Å². The van der Waals surface area contributed by atoms with Gasteiger partial charge in [0, 0.05) is 10.0 Å². The minimum atomic E-state index is -3.91. The lowest BCUT2D eigenvalue weighted by Crippen LogP contribution is -2.13. The van der Waals surface area contributed by atoms with Crippen LogP contribution in [0.5, 0.6) is 0 Å². The molecule has 2 aromatic carbocycles. The van der Waals surface area contributed by atoms with Gasteiger partial charge in [-0.15, -0.1) is 10.2 Å². The largest absolute Gasteiger partial charge is 0.296 e. The van der Waals surface area contributed by atoms with Gasteiger partial charge in [0.1, 0.15) is 0 Å². The molecular formula is C16H13BrN4O3S2. The molecule has 10 heteroatoms. The first-order chi connectivity index (χ1) is 12.4. The number of carbonyl (C=O) groups is 1. The maximum Gasteiger partial charge on any atom is 0.291 e. The van der Waals surface area contributed by atoms with Crippen molar-refractivity contribution in [3.8, 4) is 0 Å². The number of benzene rings is 2. The normalized spacial score (nSPS) is 11.2. The summed E-state index contributed by atoms with van der Waals surface area (Å²) in [4.78, 5) is 12.3. The Morgan fingerprint density at radius 3 is 2.50 bits per heavy atom. The van der Waals surface area contributed by atoms with Gasteiger partial charge < -0.3 is 0 Å². The van der Waals surface area contributed by atoms with Crippen LogP contribution in [0.2, 0.25) is 0 Å². The van der Waals surface area contributed by atoms with Gasteiger partial charge in [-0.1, -0.05) is 41.7 Å². The Morgan fingerprint density at radius 1 is 1.08 bits per heavy atom. The van der Waals surface area contributed by atoms with Crippen LogP contribution in [0.15, 0.2) is 57.3 Å². The number of carbonyl (C=O) groups excluding carboxylic acids is 1. The van der Waals surface area contributed by atoms with Crippen molar-refractivity contribution in [3.05, 3.63) is 64.1 Å².